The van der Waals surface area contributed by atoms with Crippen LogP contribution in [0.5, 0.6) is 0 Å². The summed E-state index contributed by atoms with van der Waals surface area (Å²) in [4.78, 5) is 14.6. The van der Waals surface area contributed by atoms with Gasteiger partial charge in [-0.3, -0.25) is 9.69 Å². The Hall–Kier alpha value is -0.870. The van der Waals surface area contributed by atoms with Gasteiger partial charge in [-0.05, 0) is 44.3 Å². The molecule has 1 unspecified atom stereocenters. The van der Waals surface area contributed by atoms with E-state index in [4.69, 9.17) is 0 Å². The van der Waals surface area contributed by atoms with Crippen LogP contribution in [0.4, 0.5) is 0 Å². The van der Waals surface area contributed by atoms with E-state index in [1.165, 1.54) is 31.5 Å². The maximum Gasteiger partial charge on any atom is 0.247 e. The van der Waals surface area contributed by atoms with Crippen LogP contribution in [0.25, 0.3) is 0 Å². The molecule has 0 aliphatic carbocycles. The molecule has 0 radical (unpaired) electrons. The maximum atomic E-state index is 12.1. The van der Waals surface area contributed by atoms with Crippen LogP contribution < -0.4 is 10.6 Å². The molecule has 2 N–H and O–H groups in total. The van der Waals surface area contributed by atoms with Crippen molar-refractivity contribution in [3.63, 3.8) is 0 Å². The maximum absolute atomic E-state index is 12.1. The van der Waals surface area contributed by atoms with Gasteiger partial charge in [0.25, 0.3) is 0 Å². The Morgan fingerprint density at radius 2 is 1.95 bits per heavy atom. The second-order valence-electron chi connectivity index (χ2n) is 6.10. The molecule has 2 saturated heterocycles. The van der Waals surface area contributed by atoms with Crippen LogP contribution in [-0.2, 0) is 4.79 Å². The van der Waals surface area contributed by atoms with E-state index >= 15 is 0 Å². The highest BCUT2D eigenvalue weighted by atomic mass is 16.1. The minimum absolute atomic E-state index is 0.112. The third-order valence-corrected chi connectivity index (χ3v) is 4.40. The minimum atomic E-state index is 0.112. The molecule has 0 bridgehead atoms. The molecule has 108 valence electrons. The molecule has 0 aromatic rings. The van der Waals surface area contributed by atoms with Gasteiger partial charge in [0.15, 0.2) is 0 Å². The zero-order chi connectivity index (χ0) is 13.8. The molecule has 2 heterocycles. The van der Waals surface area contributed by atoms with Crippen LogP contribution in [0.2, 0.25) is 0 Å². The highest BCUT2D eigenvalue weighted by Crippen LogP contribution is 2.17. The van der Waals surface area contributed by atoms with Crippen molar-refractivity contribution in [1.82, 2.24) is 15.5 Å². The number of carbonyl (C=O) groups excluding carboxylic acids is 1. The molecule has 0 saturated carbocycles. The molecule has 2 fully saturated rings. The van der Waals surface area contributed by atoms with Crippen molar-refractivity contribution in [2.45, 2.75) is 39.7 Å². The van der Waals surface area contributed by atoms with Gasteiger partial charge in [0.2, 0.25) is 5.91 Å². The topological polar surface area (TPSA) is 44.4 Å². The summed E-state index contributed by atoms with van der Waals surface area (Å²) in [5, 5.41) is 6.30. The van der Waals surface area contributed by atoms with Gasteiger partial charge in [-0.15, -0.1) is 0 Å². The summed E-state index contributed by atoms with van der Waals surface area (Å²) >= 11 is 0. The zero-order valence-corrected chi connectivity index (χ0v) is 12.5. The average molecular weight is 265 g/mol. The number of nitrogens with zero attached hydrogens (tertiary/aromatic N) is 1. The van der Waals surface area contributed by atoms with Crippen LogP contribution in [0, 0.1) is 5.92 Å². The lowest BCUT2D eigenvalue weighted by molar-refractivity contribution is -0.117. The van der Waals surface area contributed by atoms with E-state index in [-0.39, 0.29) is 5.91 Å². The lowest BCUT2D eigenvalue weighted by atomic mass is 10.0. The van der Waals surface area contributed by atoms with Gasteiger partial charge in [0, 0.05) is 31.2 Å². The van der Waals surface area contributed by atoms with E-state index in [2.05, 4.69) is 29.4 Å². The Morgan fingerprint density at radius 1 is 1.32 bits per heavy atom. The first-order valence-electron chi connectivity index (χ1n) is 7.51. The van der Waals surface area contributed by atoms with E-state index in [9.17, 15) is 4.79 Å². The molecule has 0 aromatic carbocycles. The molecule has 1 atom stereocenters. The summed E-state index contributed by atoms with van der Waals surface area (Å²) in [5.74, 6) is 0.693. The van der Waals surface area contributed by atoms with Crippen molar-refractivity contribution in [1.29, 1.82) is 0 Å². The largest absolute Gasteiger partial charge is 0.351 e. The minimum Gasteiger partial charge on any atom is -0.351 e. The molecule has 2 aliphatic heterocycles. The smallest absolute Gasteiger partial charge is 0.247 e. The second-order valence-corrected chi connectivity index (χ2v) is 6.10. The average Bonchev–Trinajstić information content (AvgIpc) is 2.79. The third kappa shape index (κ3) is 3.57. The second kappa shape index (κ2) is 6.53. The van der Waals surface area contributed by atoms with E-state index in [1.807, 2.05) is 6.92 Å². The predicted molar refractivity (Wildman–Crippen MR) is 78.0 cm³/mol. The van der Waals surface area contributed by atoms with Gasteiger partial charge in [0.05, 0.1) is 0 Å². The number of nitrogens with one attached hydrogen (secondary N) is 2. The third-order valence-electron chi connectivity index (χ3n) is 4.40. The molecule has 4 nitrogen and oxygen atoms in total. The van der Waals surface area contributed by atoms with Gasteiger partial charge in [-0.1, -0.05) is 13.8 Å². The van der Waals surface area contributed by atoms with Gasteiger partial charge >= 0.3 is 0 Å². The first-order valence-corrected chi connectivity index (χ1v) is 7.51. The van der Waals surface area contributed by atoms with Gasteiger partial charge in [-0.2, -0.15) is 0 Å². The Kier molecular flexibility index (Phi) is 4.99. The summed E-state index contributed by atoms with van der Waals surface area (Å²) in [6, 6.07) is 0.476. The molecule has 0 aromatic heterocycles. The molecule has 2 aliphatic rings. The number of rotatable bonds is 5. The molecule has 2 rings (SSSR count). The number of hydrogen-bond donors (Lipinski definition) is 2. The Morgan fingerprint density at radius 3 is 2.42 bits per heavy atom. The van der Waals surface area contributed by atoms with Gasteiger partial charge in [0.1, 0.15) is 0 Å². The summed E-state index contributed by atoms with van der Waals surface area (Å²) in [5.41, 5.74) is 2.16. The standard InChI is InChI=1S/C15H27N3O/c1-11(2)14(18-6-4-5-7-18)10-17-15(19)12(3)13-8-16-9-13/h11,14,16H,4-10H2,1-3H3,(H,17,19). The summed E-state index contributed by atoms with van der Waals surface area (Å²) in [6.07, 6.45) is 2.60. The fourth-order valence-corrected chi connectivity index (χ4v) is 2.87. The number of carbonyl (C=O) groups is 1. The van der Waals surface area contributed by atoms with Gasteiger partial charge in [-0.25, -0.2) is 0 Å². The molecular formula is C15H27N3O. The van der Waals surface area contributed by atoms with Crippen LogP contribution in [-0.4, -0.2) is 49.6 Å². The molecule has 19 heavy (non-hydrogen) atoms. The van der Waals surface area contributed by atoms with Crippen molar-refractivity contribution in [3.05, 3.63) is 11.1 Å². The van der Waals surface area contributed by atoms with Crippen molar-refractivity contribution in [2.24, 2.45) is 5.92 Å². The lowest BCUT2D eigenvalue weighted by Gasteiger charge is -2.31. The van der Waals surface area contributed by atoms with E-state index in [1.54, 1.807) is 0 Å². The fourth-order valence-electron chi connectivity index (χ4n) is 2.87. The first kappa shape index (κ1) is 14.5. The van der Waals surface area contributed by atoms with Crippen molar-refractivity contribution in [3.8, 4) is 0 Å². The zero-order valence-electron chi connectivity index (χ0n) is 12.5. The quantitative estimate of drug-likeness (QED) is 0.733. The van der Waals surface area contributed by atoms with E-state index in [0.717, 1.165) is 25.2 Å². The Balaban J connectivity index is 1.86. The number of likely N-dealkylation sites (tertiary alicyclic amines) is 1. The van der Waals surface area contributed by atoms with Crippen LogP contribution in [0.15, 0.2) is 11.1 Å². The molecular weight excluding hydrogens is 238 g/mol. The SMILES string of the molecule is CC(C(=O)NCC(C(C)C)N1CCCC1)=C1CNC1. The first-order chi connectivity index (χ1) is 9.09. The van der Waals surface area contributed by atoms with Crippen LogP contribution in [0.1, 0.15) is 33.6 Å². The highest BCUT2D eigenvalue weighted by molar-refractivity contribution is 5.93. The van der Waals surface area contributed by atoms with E-state index in [0.29, 0.717) is 12.0 Å². The fraction of sp³-hybridized carbons (Fsp3) is 0.800. The molecule has 4 heteroatoms. The van der Waals surface area contributed by atoms with E-state index < -0.39 is 0 Å². The Bertz CT molecular complexity index is 350. The highest BCUT2D eigenvalue weighted by Gasteiger charge is 2.25. The molecule has 0 spiro atoms. The van der Waals surface area contributed by atoms with Crippen molar-refractivity contribution in [2.75, 3.05) is 32.7 Å². The number of hydrogen-bond acceptors (Lipinski definition) is 3. The van der Waals surface area contributed by atoms with Crippen LogP contribution in [0.3, 0.4) is 0 Å². The summed E-state index contributed by atoms with van der Waals surface area (Å²) in [7, 11) is 0. The summed E-state index contributed by atoms with van der Waals surface area (Å²) < 4.78 is 0. The van der Waals surface area contributed by atoms with Gasteiger partial charge < -0.3 is 10.6 Å². The Labute approximate surface area is 116 Å². The number of amides is 1. The molecule has 1 amide bonds. The monoisotopic (exact) mass is 265 g/mol. The van der Waals surface area contributed by atoms with Crippen molar-refractivity contribution < 1.29 is 4.79 Å². The van der Waals surface area contributed by atoms with Crippen molar-refractivity contribution >= 4 is 5.91 Å². The summed E-state index contributed by atoms with van der Waals surface area (Å²) in [6.45, 7) is 11.3. The van der Waals surface area contributed by atoms with Crippen LogP contribution >= 0.6 is 0 Å². The predicted octanol–water partition coefficient (Wildman–Crippen LogP) is 1.14. The lowest BCUT2D eigenvalue weighted by Crippen LogP contribution is -2.46. The normalized spacial score (nSPS) is 21.4.